The van der Waals surface area contributed by atoms with E-state index in [0.717, 1.165) is 6.07 Å². The van der Waals surface area contributed by atoms with E-state index in [-0.39, 0.29) is 85.8 Å². The predicted octanol–water partition coefficient (Wildman–Crippen LogP) is 8.99. The molecule has 1 aliphatic carbocycles. The molecule has 3 N–H and O–H groups in total. The summed E-state index contributed by atoms with van der Waals surface area (Å²) in [6, 6.07) is 9.71. The lowest BCUT2D eigenvalue weighted by atomic mass is 9.72. The van der Waals surface area contributed by atoms with Crippen LogP contribution in [0.25, 0.3) is 10.9 Å². The summed E-state index contributed by atoms with van der Waals surface area (Å²) in [7, 11) is 1.46. The maximum atomic E-state index is 15.0. The highest BCUT2D eigenvalue weighted by Crippen LogP contribution is 2.66. The summed E-state index contributed by atoms with van der Waals surface area (Å²) in [4.78, 5) is 59.9. The molecule has 1 aliphatic rings. The van der Waals surface area contributed by atoms with E-state index in [1.807, 2.05) is 27.7 Å². The highest BCUT2D eigenvalue weighted by molar-refractivity contribution is 7.66. The molecule has 0 saturated heterocycles. The number of ketones is 2. The Balaban J connectivity index is 1.58. The number of fused-ring (bicyclic) bond motifs is 3. The van der Waals surface area contributed by atoms with Crippen molar-refractivity contribution >= 4 is 49.7 Å². The maximum absolute atomic E-state index is 15.0. The number of aryl methyl sites for hydroxylation is 1. The predicted molar refractivity (Wildman–Crippen MR) is 247 cm³/mol. The number of Topliss-reactive ketones (excluding diaryl/α,β-unsaturated/α-hetero) is 2. The van der Waals surface area contributed by atoms with Crippen molar-refractivity contribution in [2.24, 2.45) is 23.7 Å². The number of carbonyl (C=O) groups is 4. The van der Waals surface area contributed by atoms with Crippen LogP contribution in [0.1, 0.15) is 95.0 Å². The molecular weight excluding hydrogens is 902 g/mol. The first-order valence-electron chi connectivity index (χ1n) is 22.5. The molecule has 0 radical (unpaired) electrons. The van der Waals surface area contributed by atoms with Gasteiger partial charge >= 0.3 is 21.6 Å². The van der Waals surface area contributed by atoms with Gasteiger partial charge in [0.25, 0.3) is 0 Å². The summed E-state index contributed by atoms with van der Waals surface area (Å²) in [6.07, 6.45) is -3.71. The van der Waals surface area contributed by atoms with E-state index in [0.29, 0.717) is 36.9 Å². The zero-order chi connectivity index (χ0) is 49.4. The Bertz CT molecular complexity index is 2280. The average Bonchev–Trinajstić information content (AvgIpc) is 3.62. The van der Waals surface area contributed by atoms with Crippen molar-refractivity contribution in [3.63, 3.8) is 0 Å². The van der Waals surface area contributed by atoms with Gasteiger partial charge in [-0.05, 0) is 103 Å². The number of nitrogens with zero attached hydrogens (tertiary/aromatic N) is 3. The molecule has 3 aromatic rings. The number of alkyl halides is 3. The van der Waals surface area contributed by atoms with E-state index in [2.05, 4.69) is 15.6 Å². The van der Waals surface area contributed by atoms with Gasteiger partial charge in [0.15, 0.2) is 5.78 Å². The third kappa shape index (κ3) is 13.1. The van der Waals surface area contributed by atoms with Crippen LogP contribution in [0.15, 0.2) is 42.5 Å². The van der Waals surface area contributed by atoms with E-state index in [1.54, 1.807) is 12.1 Å². The number of benzene rings is 2. The van der Waals surface area contributed by atoms with Gasteiger partial charge in [-0.15, -0.1) is 0 Å². The molecule has 0 saturated carbocycles. The maximum Gasteiger partial charge on any atom is 0.418 e. The minimum atomic E-state index is -4.66. The lowest BCUT2D eigenvalue weighted by molar-refractivity contribution is -0.139. The number of unbranched alkanes of at least 4 members (excludes halogenated alkanes) is 1. The van der Waals surface area contributed by atoms with E-state index >= 15 is 4.79 Å². The topological polar surface area (TPSA) is 170 Å². The fourth-order valence-corrected chi connectivity index (χ4v) is 12.6. The number of hydrogen-bond acceptors (Lipinski definition) is 8. The van der Waals surface area contributed by atoms with Crippen molar-refractivity contribution in [3.8, 4) is 0 Å². The molecule has 2 aromatic carbocycles. The monoisotopic (exact) mass is 970 g/mol. The van der Waals surface area contributed by atoms with Crippen molar-refractivity contribution < 1.29 is 54.7 Å². The number of amides is 2. The van der Waals surface area contributed by atoms with Crippen molar-refractivity contribution in [2.45, 2.75) is 104 Å². The normalized spacial score (nSPS) is 18.4. The van der Waals surface area contributed by atoms with Crippen LogP contribution in [0, 0.1) is 29.5 Å². The Morgan fingerprint density at radius 3 is 2.05 bits per heavy atom. The number of H-pyrrole nitrogens is 1. The van der Waals surface area contributed by atoms with Gasteiger partial charge in [-0.2, -0.15) is 13.2 Å². The first-order valence-corrected chi connectivity index (χ1v) is 25.5. The first-order chi connectivity index (χ1) is 30.8. The smallest absolute Gasteiger partial charge is 0.358 e. The largest absolute Gasteiger partial charge is 0.418 e. The lowest BCUT2D eigenvalue weighted by Crippen LogP contribution is -2.60. The van der Waals surface area contributed by atoms with Gasteiger partial charge in [0, 0.05) is 55.1 Å². The van der Waals surface area contributed by atoms with Crippen LogP contribution in [0.3, 0.4) is 0 Å². The first kappa shape index (κ1) is 54.8. The number of halogens is 4. The third-order valence-electron chi connectivity index (χ3n) is 12.9. The second-order valence-electron chi connectivity index (χ2n) is 18.1. The van der Waals surface area contributed by atoms with Gasteiger partial charge in [-0.1, -0.05) is 70.9 Å². The van der Waals surface area contributed by atoms with E-state index in [1.165, 1.54) is 80.6 Å². The molecule has 1 heterocycles. The van der Waals surface area contributed by atoms with Crippen LogP contribution in [-0.4, -0.2) is 103 Å². The quantitative estimate of drug-likeness (QED) is 0.0421. The summed E-state index contributed by atoms with van der Waals surface area (Å²) in [6.45, 7) is 7.52. The molecule has 0 fully saturated rings. The number of aromatic nitrogens is 1. The number of rotatable bonds is 25. The van der Waals surface area contributed by atoms with Gasteiger partial charge < -0.3 is 15.6 Å². The number of hydrogen-bond donors (Lipinski definition) is 3. The van der Waals surface area contributed by atoms with Crippen molar-refractivity contribution in [1.82, 2.24) is 29.6 Å². The fraction of sp³-hybridized carbons (Fsp3) is 0.609. The van der Waals surface area contributed by atoms with E-state index in [9.17, 15) is 41.1 Å². The van der Waals surface area contributed by atoms with E-state index in [4.69, 9.17) is 8.83 Å². The summed E-state index contributed by atoms with van der Waals surface area (Å²) in [5.41, 5.74) is -1.48. The summed E-state index contributed by atoms with van der Waals surface area (Å²) >= 11 is 0. The Labute approximate surface area is 386 Å². The molecule has 4 rings (SSSR count). The average molecular weight is 971 g/mol. The summed E-state index contributed by atoms with van der Waals surface area (Å²) in [5, 5.41) is 6.20. The van der Waals surface area contributed by atoms with Crippen LogP contribution in [0.4, 0.5) is 17.6 Å². The van der Waals surface area contributed by atoms with Crippen molar-refractivity contribution in [1.29, 1.82) is 0 Å². The van der Waals surface area contributed by atoms with Gasteiger partial charge in [-0.3, -0.25) is 28.3 Å². The SMILES string of the molecule is CCC(C)[C@H](CC(=O)[C@@]1(NC(=O)[C@@H](CC(=O)Cc2ccccc2F)C(C)CC)CCc2[nH]c3c(C(F)(F)F)cccc3c2C1)C(=O)NCCCCOP(=O)(OP(=O)(N(C)C)N(C)C)N(C)C. The number of para-hydroxylation sites is 1. The number of aromatic amines is 1. The van der Waals surface area contributed by atoms with Crippen LogP contribution in [0.2, 0.25) is 0 Å². The van der Waals surface area contributed by atoms with E-state index < -0.39 is 67.9 Å². The Hall–Kier alpha value is -3.76. The molecule has 0 bridgehead atoms. The Morgan fingerprint density at radius 1 is 0.848 bits per heavy atom. The lowest BCUT2D eigenvalue weighted by Gasteiger charge is -2.39. The third-order valence-corrected chi connectivity index (χ3v) is 18.1. The minimum Gasteiger partial charge on any atom is -0.358 e. The zero-order valence-corrected chi connectivity index (χ0v) is 41.6. The summed E-state index contributed by atoms with van der Waals surface area (Å²) in [5.74, 6) is -4.79. The zero-order valence-electron chi connectivity index (χ0n) is 39.9. The molecule has 6 atom stereocenters. The number of nitrogens with one attached hydrogen (secondary N) is 3. The molecule has 1 aromatic heterocycles. The fourth-order valence-electron chi connectivity index (χ4n) is 8.29. The minimum absolute atomic E-state index is 0.0169. The molecule has 14 nitrogen and oxygen atoms in total. The molecule has 3 unspecified atom stereocenters. The standard InChI is InChI=1S/C46H68F4N6O8P2/c1-11-30(3)35(27-33(57)26-32-18-13-14-21-39(32)47)44(60)53-45(23-22-40-37(29-45)34-19-17-20-38(42(34)52-40)46(48,49)50)41(58)28-36(31(4)12-2)43(59)51-24-15-16-25-63-66(62,56(9)10)64-65(61,54(5)6)55(7)8/h13-14,17-21,30-31,35-36,52H,11-12,15-16,22-29H2,1-10H3,(H,51,59)(H,53,60)/t30?,31?,35-,36-,45+,66?/m0/s1. The van der Waals surface area contributed by atoms with Crippen LogP contribution >= 0.6 is 15.4 Å². The van der Waals surface area contributed by atoms with Crippen molar-refractivity contribution in [2.75, 3.05) is 55.4 Å². The van der Waals surface area contributed by atoms with Gasteiger partial charge in [0.05, 0.1) is 17.7 Å². The molecule has 66 heavy (non-hydrogen) atoms. The second-order valence-corrected chi connectivity index (χ2v) is 23.3. The van der Waals surface area contributed by atoms with Crippen molar-refractivity contribution in [3.05, 3.63) is 70.7 Å². The highest BCUT2D eigenvalue weighted by atomic mass is 31.3. The Morgan fingerprint density at radius 2 is 1.47 bits per heavy atom. The molecule has 2 amide bonds. The van der Waals surface area contributed by atoms with Gasteiger partial charge in [-0.25, -0.2) is 27.3 Å². The van der Waals surface area contributed by atoms with Crippen LogP contribution < -0.4 is 10.6 Å². The van der Waals surface area contributed by atoms with Gasteiger partial charge in [0.2, 0.25) is 11.8 Å². The Kier molecular flexibility index (Phi) is 19.1. The summed E-state index contributed by atoms with van der Waals surface area (Å²) < 4.78 is 99.4. The molecule has 368 valence electrons. The van der Waals surface area contributed by atoms with Gasteiger partial charge in [0.1, 0.15) is 17.1 Å². The highest BCUT2D eigenvalue weighted by Gasteiger charge is 2.47. The molecule has 0 aliphatic heterocycles. The number of carbonyl (C=O) groups excluding carboxylic acids is 4. The van der Waals surface area contributed by atoms with Crippen LogP contribution in [0.5, 0.6) is 0 Å². The molecular formula is C46H68F4N6O8P2. The van der Waals surface area contributed by atoms with Crippen LogP contribution in [-0.2, 0) is 62.6 Å². The second kappa shape index (κ2) is 23.0. The molecule has 20 heteroatoms. The molecule has 0 spiro atoms.